The van der Waals surface area contributed by atoms with Gasteiger partial charge in [0, 0.05) is 13.0 Å². The zero-order chi connectivity index (χ0) is 18.1. The van der Waals surface area contributed by atoms with Crippen molar-refractivity contribution in [2.45, 2.75) is 58.5 Å². The first-order chi connectivity index (χ1) is 11.1. The summed E-state index contributed by atoms with van der Waals surface area (Å²) in [7, 11) is 0. The Morgan fingerprint density at radius 1 is 1.33 bits per heavy atom. The van der Waals surface area contributed by atoms with Gasteiger partial charge in [-0.3, -0.25) is 14.5 Å². The predicted molar refractivity (Wildman–Crippen MR) is 85.9 cm³/mol. The van der Waals surface area contributed by atoms with E-state index >= 15 is 0 Å². The molecule has 1 unspecified atom stereocenters. The molecule has 4 amide bonds. The van der Waals surface area contributed by atoms with E-state index in [0.717, 1.165) is 0 Å². The third kappa shape index (κ3) is 3.72. The zero-order valence-corrected chi connectivity index (χ0v) is 14.5. The van der Waals surface area contributed by atoms with E-state index in [9.17, 15) is 14.4 Å². The van der Waals surface area contributed by atoms with Gasteiger partial charge in [0.2, 0.25) is 5.91 Å². The van der Waals surface area contributed by atoms with Crippen LogP contribution in [0.4, 0.5) is 4.79 Å². The maximum Gasteiger partial charge on any atom is 0.324 e. The van der Waals surface area contributed by atoms with Crippen LogP contribution in [-0.2, 0) is 28.0 Å². The van der Waals surface area contributed by atoms with E-state index in [1.807, 2.05) is 27.7 Å². The van der Waals surface area contributed by atoms with Crippen molar-refractivity contribution in [1.29, 1.82) is 0 Å². The maximum absolute atomic E-state index is 12.4. The molecule has 1 saturated heterocycles. The van der Waals surface area contributed by atoms with Gasteiger partial charge in [-0.1, -0.05) is 6.92 Å². The number of nitrogens with zero attached hydrogens (tertiary/aromatic N) is 4. The summed E-state index contributed by atoms with van der Waals surface area (Å²) in [6.07, 6.45) is 0.851. The topological polar surface area (TPSA) is 123 Å². The Balaban J connectivity index is 2.25. The third-order valence-corrected chi connectivity index (χ3v) is 3.63. The Bertz CT molecular complexity index is 661. The van der Waals surface area contributed by atoms with Crippen molar-refractivity contribution in [1.82, 2.24) is 25.0 Å². The lowest BCUT2D eigenvalue weighted by molar-refractivity contribution is -0.127. The minimum Gasteiger partial charge on any atom is -0.369 e. The van der Waals surface area contributed by atoms with Gasteiger partial charge in [0.25, 0.3) is 5.91 Å². The summed E-state index contributed by atoms with van der Waals surface area (Å²) in [5, 5.41) is 7.01. The first kappa shape index (κ1) is 17.9. The first-order valence-corrected chi connectivity index (χ1v) is 7.99. The highest BCUT2D eigenvalue weighted by Gasteiger charge is 2.38. The number of nitrogens with two attached hydrogens (primary N) is 1. The van der Waals surface area contributed by atoms with Crippen molar-refractivity contribution in [3.05, 3.63) is 11.6 Å². The van der Waals surface area contributed by atoms with Crippen LogP contribution in [0.25, 0.3) is 0 Å². The number of hydrogen-bond acceptors (Lipinski definition) is 5. The maximum atomic E-state index is 12.4. The highest BCUT2D eigenvalue weighted by molar-refractivity contribution is 6.04. The summed E-state index contributed by atoms with van der Waals surface area (Å²) < 4.78 is 1.67. The summed E-state index contributed by atoms with van der Waals surface area (Å²) in [6.45, 7) is 8.12. The third-order valence-electron chi connectivity index (χ3n) is 3.63. The van der Waals surface area contributed by atoms with Crippen LogP contribution in [0.1, 0.15) is 45.8 Å². The molecule has 24 heavy (non-hydrogen) atoms. The van der Waals surface area contributed by atoms with Gasteiger partial charge in [0.15, 0.2) is 5.82 Å². The van der Waals surface area contributed by atoms with E-state index in [1.54, 1.807) is 4.68 Å². The molecule has 9 nitrogen and oxygen atoms in total. The molecule has 2 rings (SSSR count). The lowest BCUT2D eigenvalue weighted by Gasteiger charge is -2.22. The summed E-state index contributed by atoms with van der Waals surface area (Å²) in [5.74, 6) is 0.0686. The molecule has 1 aliphatic rings. The SMILES string of the molecule is CCCN1C(=O)NC(Cc2nc(CC(N)=O)nn2C(C)(C)C)C1=O. The smallest absolute Gasteiger partial charge is 0.324 e. The van der Waals surface area contributed by atoms with Crippen LogP contribution in [-0.4, -0.2) is 50.1 Å². The van der Waals surface area contributed by atoms with Gasteiger partial charge >= 0.3 is 6.03 Å². The van der Waals surface area contributed by atoms with Gasteiger partial charge in [-0.2, -0.15) is 5.10 Å². The van der Waals surface area contributed by atoms with E-state index in [1.165, 1.54) is 4.90 Å². The fourth-order valence-corrected chi connectivity index (χ4v) is 2.63. The number of urea groups is 1. The fourth-order valence-electron chi connectivity index (χ4n) is 2.63. The minimum atomic E-state index is -0.671. The number of aromatic nitrogens is 3. The lowest BCUT2D eigenvalue weighted by atomic mass is 10.1. The monoisotopic (exact) mass is 336 g/mol. The molecule has 3 N–H and O–H groups in total. The van der Waals surface area contributed by atoms with E-state index in [0.29, 0.717) is 24.6 Å². The molecule has 2 heterocycles. The second-order valence-corrected chi connectivity index (χ2v) is 6.87. The fraction of sp³-hybridized carbons (Fsp3) is 0.667. The standard InChI is InChI=1S/C15H24N6O3/c1-5-6-20-13(23)9(17-14(20)24)7-12-18-11(8-10(16)22)19-21(12)15(2,3)4/h9H,5-8H2,1-4H3,(H2,16,22)(H,17,24). The van der Waals surface area contributed by atoms with E-state index in [-0.39, 0.29) is 30.3 Å². The van der Waals surface area contributed by atoms with Crippen LogP contribution in [0, 0.1) is 0 Å². The van der Waals surface area contributed by atoms with Gasteiger partial charge in [-0.05, 0) is 27.2 Å². The number of nitrogens with one attached hydrogen (secondary N) is 1. The molecule has 0 saturated carbocycles. The number of amides is 4. The number of primary amides is 1. The molecule has 1 atom stereocenters. The number of rotatable bonds is 6. The lowest BCUT2D eigenvalue weighted by Crippen LogP contribution is -2.35. The molecule has 0 bridgehead atoms. The van der Waals surface area contributed by atoms with Crippen LogP contribution in [0.5, 0.6) is 0 Å². The second-order valence-electron chi connectivity index (χ2n) is 6.87. The summed E-state index contributed by atoms with van der Waals surface area (Å²) in [4.78, 5) is 40.9. The number of carbonyl (C=O) groups is 3. The Hall–Kier alpha value is -2.45. The van der Waals surface area contributed by atoms with E-state index < -0.39 is 11.9 Å². The summed E-state index contributed by atoms with van der Waals surface area (Å²) in [5.41, 5.74) is 4.82. The number of hydrogen-bond donors (Lipinski definition) is 2. The first-order valence-electron chi connectivity index (χ1n) is 7.99. The van der Waals surface area contributed by atoms with Crippen molar-refractivity contribution < 1.29 is 14.4 Å². The van der Waals surface area contributed by atoms with Gasteiger partial charge in [-0.25, -0.2) is 14.5 Å². The Kier molecular flexibility index (Phi) is 4.91. The van der Waals surface area contributed by atoms with E-state index in [2.05, 4.69) is 15.4 Å². The van der Waals surface area contributed by atoms with Crippen LogP contribution in [0.15, 0.2) is 0 Å². The normalized spacial score (nSPS) is 18.2. The van der Waals surface area contributed by atoms with Crippen LogP contribution in [0.2, 0.25) is 0 Å². The average molecular weight is 336 g/mol. The Morgan fingerprint density at radius 3 is 2.54 bits per heavy atom. The molecule has 1 aliphatic heterocycles. The molecule has 1 aromatic rings. The van der Waals surface area contributed by atoms with Crippen molar-refractivity contribution >= 4 is 17.8 Å². The van der Waals surface area contributed by atoms with Crippen molar-refractivity contribution in [3.63, 3.8) is 0 Å². The molecule has 0 spiro atoms. The molecular weight excluding hydrogens is 312 g/mol. The van der Waals surface area contributed by atoms with Gasteiger partial charge in [0.05, 0.1) is 12.0 Å². The van der Waals surface area contributed by atoms with Crippen LogP contribution in [0.3, 0.4) is 0 Å². The number of carbonyl (C=O) groups excluding carboxylic acids is 3. The molecule has 1 aromatic heterocycles. The molecule has 0 radical (unpaired) electrons. The Morgan fingerprint density at radius 2 is 2.00 bits per heavy atom. The summed E-state index contributed by atoms with van der Waals surface area (Å²) >= 11 is 0. The van der Waals surface area contributed by atoms with Gasteiger partial charge < -0.3 is 11.1 Å². The van der Waals surface area contributed by atoms with Crippen LogP contribution >= 0.6 is 0 Å². The van der Waals surface area contributed by atoms with E-state index in [4.69, 9.17) is 5.73 Å². The molecule has 0 aromatic carbocycles. The van der Waals surface area contributed by atoms with Gasteiger partial charge in [-0.15, -0.1) is 0 Å². The Labute approximate surface area is 140 Å². The summed E-state index contributed by atoms with van der Waals surface area (Å²) in [6, 6.07) is -1.05. The molecule has 9 heteroatoms. The quantitative estimate of drug-likeness (QED) is 0.704. The molecule has 132 valence electrons. The largest absolute Gasteiger partial charge is 0.369 e. The predicted octanol–water partition coefficient (Wildman–Crippen LogP) is -0.0662. The van der Waals surface area contributed by atoms with Crippen molar-refractivity contribution in [3.8, 4) is 0 Å². The van der Waals surface area contributed by atoms with Crippen molar-refractivity contribution in [2.75, 3.05) is 6.54 Å². The molecular formula is C15H24N6O3. The number of imide groups is 1. The van der Waals surface area contributed by atoms with Crippen LogP contribution < -0.4 is 11.1 Å². The zero-order valence-electron chi connectivity index (χ0n) is 14.5. The molecule has 1 fully saturated rings. The van der Waals surface area contributed by atoms with Gasteiger partial charge in [0.1, 0.15) is 11.9 Å². The average Bonchev–Trinajstić information content (AvgIpc) is 2.95. The van der Waals surface area contributed by atoms with Crippen molar-refractivity contribution in [2.24, 2.45) is 5.73 Å². The molecule has 0 aliphatic carbocycles. The highest BCUT2D eigenvalue weighted by Crippen LogP contribution is 2.18. The highest BCUT2D eigenvalue weighted by atomic mass is 16.2. The second kappa shape index (κ2) is 6.58. The minimum absolute atomic E-state index is 0.0665.